The molecular formula is C21H20N6O2. The molecule has 0 spiro atoms. The average Bonchev–Trinajstić information content (AvgIpc) is 2.92. The van der Waals surface area contributed by atoms with Crippen LogP contribution in [0.15, 0.2) is 55.2 Å². The number of pyridine rings is 2. The Hall–Kier alpha value is -3.68. The van der Waals surface area contributed by atoms with Gasteiger partial charge in [0.15, 0.2) is 5.82 Å². The van der Waals surface area contributed by atoms with E-state index in [2.05, 4.69) is 25.3 Å². The highest BCUT2D eigenvalue weighted by atomic mass is 16.2. The second-order valence-corrected chi connectivity index (χ2v) is 6.76. The first kappa shape index (κ1) is 18.7. The Morgan fingerprint density at radius 3 is 2.76 bits per heavy atom. The molecule has 1 aliphatic heterocycles. The van der Waals surface area contributed by atoms with Crippen LogP contribution in [-0.4, -0.2) is 49.7 Å². The Morgan fingerprint density at radius 2 is 1.97 bits per heavy atom. The molecule has 0 saturated heterocycles. The van der Waals surface area contributed by atoms with E-state index in [9.17, 15) is 9.59 Å². The highest BCUT2D eigenvalue weighted by Crippen LogP contribution is 2.20. The maximum Gasteiger partial charge on any atom is 0.257 e. The van der Waals surface area contributed by atoms with Crippen LogP contribution in [0, 0.1) is 0 Å². The normalized spacial score (nSPS) is 13.5. The summed E-state index contributed by atoms with van der Waals surface area (Å²) in [5.41, 5.74) is 2.94. The minimum atomic E-state index is -0.213. The van der Waals surface area contributed by atoms with E-state index >= 15 is 0 Å². The molecule has 29 heavy (non-hydrogen) atoms. The first-order valence-electron chi connectivity index (χ1n) is 9.42. The third kappa shape index (κ3) is 4.43. The number of nitrogens with zero attached hydrogens (tertiary/aromatic N) is 5. The monoisotopic (exact) mass is 388 g/mol. The fourth-order valence-corrected chi connectivity index (χ4v) is 3.22. The topological polar surface area (TPSA) is 101 Å². The molecule has 1 N–H and O–H groups in total. The van der Waals surface area contributed by atoms with Gasteiger partial charge in [-0.15, -0.1) is 0 Å². The number of aromatic nitrogens is 4. The van der Waals surface area contributed by atoms with Gasteiger partial charge in [-0.25, -0.2) is 9.97 Å². The maximum atomic E-state index is 12.9. The molecule has 8 nitrogen and oxygen atoms in total. The second kappa shape index (κ2) is 8.55. The molecule has 146 valence electrons. The fourth-order valence-electron chi connectivity index (χ4n) is 3.22. The van der Waals surface area contributed by atoms with Crippen molar-refractivity contribution in [2.45, 2.75) is 19.4 Å². The van der Waals surface area contributed by atoms with E-state index in [1.54, 1.807) is 35.9 Å². The van der Waals surface area contributed by atoms with Gasteiger partial charge in [-0.05, 0) is 36.6 Å². The number of hydrogen-bond acceptors (Lipinski definition) is 6. The quantitative estimate of drug-likeness (QED) is 0.713. The number of fused-ring (bicyclic) bond motifs is 1. The SMILES string of the molecule is O=C(CN1CCCc2nc(-c3ccncc3)ncc2C1=O)NCc1cccnc1. The van der Waals surface area contributed by atoms with Gasteiger partial charge in [0, 0.05) is 49.6 Å². The van der Waals surface area contributed by atoms with Crippen LogP contribution in [0.2, 0.25) is 0 Å². The third-order valence-corrected chi connectivity index (χ3v) is 4.71. The Labute approximate surface area is 168 Å². The maximum absolute atomic E-state index is 12.9. The molecule has 0 bridgehead atoms. The molecule has 4 heterocycles. The predicted octanol–water partition coefficient (Wildman–Crippen LogP) is 1.64. The minimum Gasteiger partial charge on any atom is -0.350 e. The Kier molecular flexibility index (Phi) is 5.51. The number of carbonyl (C=O) groups is 2. The number of amides is 2. The van der Waals surface area contributed by atoms with Crippen molar-refractivity contribution in [1.82, 2.24) is 30.2 Å². The summed E-state index contributed by atoms with van der Waals surface area (Å²) in [5.74, 6) is 0.150. The molecule has 0 unspecified atom stereocenters. The van der Waals surface area contributed by atoms with Crippen molar-refractivity contribution in [2.24, 2.45) is 0 Å². The van der Waals surface area contributed by atoms with Crippen molar-refractivity contribution in [1.29, 1.82) is 0 Å². The van der Waals surface area contributed by atoms with Gasteiger partial charge >= 0.3 is 0 Å². The largest absolute Gasteiger partial charge is 0.350 e. The zero-order valence-electron chi connectivity index (χ0n) is 15.8. The molecule has 0 radical (unpaired) electrons. The van der Waals surface area contributed by atoms with E-state index in [0.717, 1.165) is 23.2 Å². The standard InChI is InChI=1S/C21H20N6O2/c28-19(24-12-15-3-1-7-23-11-15)14-27-10-2-4-18-17(21(27)29)13-25-20(26-18)16-5-8-22-9-6-16/h1,3,5-9,11,13H,2,4,10,12,14H2,(H,24,28). The van der Waals surface area contributed by atoms with Crippen molar-refractivity contribution in [2.75, 3.05) is 13.1 Å². The van der Waals surface area contributed by atoms with Crippen LogP contribution in [0.5, 0.6) is 0 Å². The smallest absolute Gasteiger partial charge is 0.257 e. The molecule has 8 heteroatoms. The summed E-state index contributed by atoms with van der Waals surface area (Å²) in [6.07, 6.45) is 9.71. The molecule has 0 atom stereocenters. The number of nitrogens with one attached hydrogen (secondary N) is 1. The molecule has 0 aromatic carbocycles. The Balaban J connectivity index is 1.45. The van der Waals surface area contributed by atoms with Gasteiger partial charge < -0.3 is 10.2 Å². The summed E-state index contributed by atoms with van der Waals surface area (Å²) in [5, 5.41) is 2.83. The molecular weight excluding hydrogens is 368 g/mol. The molecule has 3 aromatic heterocycles. The first-order chi connectivity index (χ1) is 14.2. The molecule has 0 aliphatic carbocycles. The average molecular weight is 388 g/mol. The van der Waals surface area contributed by atoms with Crippen molar-refractivity contribution < 1.29 is 9.59 Å². The van der Waals surface area contributed by atoms with E-state index in [1.807, 2.05) is 24.3 Å². The van der Waals surface area contributed by atoms with Crippen LogP contribution in [0.3, 0.4) is 0 Å². The van der Waals surface area contributed by atoms with Gasteiger partial charge in [0.25, 0.3) is 5.91 Å². The third-order valence-electron chi connectivity index (χ3n) is 4.71. The summed E-state index contributed by atoms with van der Waals surface area (Å²) in [6.45, 7) is 0.883. The van der Waals surface area contributed by atoms with Crippen LogP contribution in [-0.2, 0) is 17.8 Å². The van der Waals surface area contributed by atoms with E-state index in [-0.39, 0.29) is 18.4 Å². The molecule has 2 amide bonds. The highest BCUT2D eigenvalue weighted by Gasteiger charge is 2.25. The summed E-state index contributed by atoms with van der Waals surface area (Å²) in [7, 11) is 0. The van der Waals surface area contributed by atoms with Gasteiger partial charge in [0.05, 0.1) is 17.8 Å². The molecule has 0 fully saturated rings. The summed E-state index contributed by atoms with van der Waals surface area (Å²) in [6, 6.07) is 7.37. The van der Waals surface area contributed by atoms with Crippen molar-refractivity contribution in [3.05, 3.63) is 72.1 Å². The number of carbonyl (C=O) groups excluding carboxylic acids is 2. The molecule has 4 rings (SSSR count). The Morgan fingerprint density at radius 1 is 1.10 bits per heavy atom. The molecule has 0 saturated carbocycles. The fraction of sp³-hybridized carbons (Fsp3) is 0.238. The van der Waals surface area contributed by atoms with Gasteiger partial charge in [-0.2, -0.15) is 0 Å². The van der Waals surface area contributed by atoms with Crippen LogP contribution in [0.4, 0.5) is 0 Å². The van der Waals surface area contributed by atoms with E-state index < -0.39 is 0 Å². The van der Waals surface area contributed by atoms with Crippen LogP contribution in [0.25, 0.3) is 11.4 Å². The Bertz CT molecular complexity index is 1010. The van der Waals surface area contributed by atoms with Gasteiger partial charge in [0.2, 0.25) is 5.91 Å². The van der Waals surface area contributed by atoms with Crippen molar-refractivity contribution in [3.8, 4) is 11.4 Å². The van der Waals surface area contributed by atoms with Crippen LogP contribution >= 0.6 is 0 Å². The summed E-state index contributed by atoms with van der Waals surface area (Å²) < 4.78 is 0. The van der Waals surface area contributed by atoms with Crippen LogP contribution < -0.4 is 5.32 Å². The second-order valence-electron chi connectivity index (χ2n) is 6.76. The molecule has 1 aliphatic rings. The van der Waals surface area contributed by atoms with E-state index in [4.69, 9.17) is 0 Å². The van der Waals surface area contributed by atoms with Crippen LogP contribution in [0.1, 0.15) is 28.0 Å². The molecule has 3 aromatic rings. The summed E-state index contributed by atoms with van der Waals surface area (Å²) in [4.78, 5) is 43.8. The lowest BCUT2D eigenvalue weighted by molar-refractivity contribution is -0.122. The van der Waals surface area contributed by atoms with Gasteiger partial charge in [-0.1, -0.05) is 6.07 Å². The van der Waals surface area contributed by atoms with Crippen molar-refractivity contribution in [3.63, 3.8) is 0 Å². The minimum absolute atomic E-state index is 0.00460. The van der Waals surface area contributed by atoms with Gasteiger partial charge in [0.1, 0.15) is 0 Å². The van der Waals surface area contributed by atoms with Gasteiger partial charge in [-0.3, -0.25) is 19.6 Å². The zero-order valence-corrected chi connectivity index (χ0v) is 15.8. The summed E-state index contributed by atoms with van der Waals surface area (Å²) >= 11 is 0. The lowest BCUT2D eigenvalue weighted by Crippen LogP contribution is -2.40. The number of aryl methyl sites for hydroxylation is 1. The predicted molar refractivity (Wildman–Crippen MR) is 106 cm³/mol. The highest BCUT2D eigenvalue weighted by molar-refractivity contribution is 5.97. The van der Waals surface area contributed by atoms with Crippen molar-refractivity contribution >= 4 is 11.8 Å². The first-order valence-corrected chi connectivity index (χ1v) is 9.42. The van der Waals surface area contributed by atoms with E-state index in [1.165, 1.54) is 0 Å². The lowest BCUT2D eigenvalue weighted by atomic mass is 10.1. The van der Waals surface area contributed by atoms with E-state index in [0.29, 0.717) is 30.9 Å². The number of hydrogen-bond donors (Lipinski definition) is 1. The lowest BCUT2D eigenvalue weighted by Gasteiger charge is -2.20. The zero-order chi connectivity index (χ0) is 20.1. The number of rotatable bonds is 5.